The van der Waals surface area contributed by atoms with Gasteiger partial charge in [0.15, 0.2) is 9.50 Å². The fourth-order valence-corrected chi connectivity index (χ4v) is 2.01. The summed E-state index contributed by atoms with van der Waals surface area (Å²) < 4.78 is 0.434. The van der Waals surface area contributed by atoms with Gasteiger partial charge in [0.1, 0.15) is 0 Å². The highest BCUT2D eigenvalue weighted by Gasteiger charge is 2.18. The van der Waals surface area contributed by atoms with Crippen molar-refractivity contribution < 1.29 is 5.03 Å². The van der Waals surface area contributed by atoms with Crippen molar-refractivity contribution in [3.05, 3.63) is 25.7 Å². The van der Waals surface area contributed by atoms with Crippen molar-refractivity contribution in [1.82, 2.24) is 14.9 Å². The van der Waals surface area contributed by atoms with Crippen molar-refractivity contribution in [2.75, 3.05) is 21.1 Å². The molecule has 0 radical (unpaired) electrons. The van der Waals surface area contributed by atoms with Gasteiger partial charge in [-0.25, -0.2) is 20.1 Å². The summed E-state index contributed by atoms with van der Waals surface area (Å²) in [5.41, 5.74) is 0. The van der Waals surface area contributed by atoms with Gasteiger partial charge in [-0.1, -0.05) is 16.6 Å². The summed E-state index contributed by atoms with van der Waals surface area (Å²) in [6.45, 7) is 0.316. The molecule has 1 heterocycles. The van der Waals surface area contributed by atoms with Crippen molar-refractivity contribution in [2.45, 2.75) is 6.54 Å². The molecule has 94 valence electrons. The first kappa shape index (κ1) is 13.7. The first-order valence-electron chi connectivity index (χ1n) is 4.62. The summed E-state index contributed by atoms with van der Waals surface area (Å²) in [6.07, 6.45) is 1.61. The van der Waals surface area contributed by atoms with E-state index in [0.717, 1.165) is 9.89 Å². The Bertz CT molecular complexity index is 433. The highest BCUT2D eigenvalue weighted by Crippen LogP contribution is 2.18. The zero-order valence-corrected chi connectivity index (χ0v) is 11.2. The van der Waals surface area contributed by atoms with Crippen molar-refractivity contribution in [2.24, 2.45) is 4.99 Å². The minimum Gasteiger partial charge on any atom is -0.344 e. The molecule has 0 unspecified atom stereocenters. The van der Waals surface area contributed by atoms with Crippen LogP contribution in [0.4, 0.5) is 0 Å². The molecule has 0 aliphatic carbocycles. The van der Waals surface area contributed by atoms with E-state index in [1.807, 2.05) is 0 Å². The van der Waals surface area contributed by atoms with Crippen LogP contribution in [-0.2, 0) is 6.54 Å². The lowest BCUT2D eigenvalue weighted by Gasteiger charge is -2.18. The number of nitrogens with zero attached hydrogens (tertiary/aromatic N) is 5. The second kappa shape index (κ2) is 5.78. The van der Waals surface area contributed by atoms with E-state index in [0.29, 0.717) is 11.0 Å². The van der Waals surface area contributed by atoms with E-state index >= 15 is 0 Å². The Morgan fingerprint density at radius 2 is 2.29 bits per heavy atom. The molecule has 17 heavy (non-hydrogen) atoms. The smallest absolute Gasteiger partial charge is 0.259 e. The fourth-order valence-electron chi connectivity index (χ4n) is 1.11. The maximum Gasteiger partial charge on any atom is 0.259 e. The molecule has 0 aliphatic rings. The van der Waals surface area contributed by atoms with Crippen molar-refractivity contribution >= 4 is 28.9 Å². The first-order valence-corrected chi connectivity index (χ1v) is 5.81. The molecule has 0 amide bonds. The molecule has 0 N–H and O–H groups in total. The quantitative estimate of drug-likeness (QED) is 0.361. The largest absolute Gasteiger partial charge is 0.344 e. The third kappa shape index (κ3) is 3.82. The molecule has 0 fully saturated rings. The Hall–Kier alpha value is -1.41. The number of halogens is 1. The average Bonchev–Trinajstić information content (AvgIpc) is 2.63. The van der Waals surface area contributed by atoms with Gasteiger partial charge in [0.25, 0.3) is 5.96 Å². The normalized spacial score (nSPS) is 11.4. The Morgan fingerprint density at radius 3 is 2.71 bits per heavy atom. The van der Waals surface area contributed by atoms with E-state index in [-0.39, 0.29) is 5.96 Å². The van der Waals surface area contributed by atoms with Crippen LogP contribution in [0.5, 0.6) is 0 Å². The fraction of sp³-hybridized carbons (Fsp3) is 0.500. The molecule has 0 aliphatic heterocycles. The van der Waals surface area contributed by atoms with Crippen molar-refractivity contribution in [3.8, 4) is 0 Å². The number of hydrogen-bond acceptors (Lipinski definition) is 5. The molecular weight excluding hydrogens is 266 g/mol. The highest BCUT2D eigenvalue weighted by molar-refractivity contribution is 7.15. The number of hydrazine groups is 1. The predicted molar refractivity (Wildman–Crippen MR) is 66.7 cm³/mol. The van der Waals surface area contributed by atoms with Crippen LogP contribution in [0.25, 0.3) is 0 Å². The Labute approximate surface area is 107 Å². The monoisotopic (exact) mass is 277 g/mol. The molecule has 0 aromatic carbocycles. The van der Waals surface area contributed by atoms with E-state index in [1.54, 1.807) is 25.2 Å². The summed E-state index contributed by atoms with van der Waals surface area (Å²) in [7, 11) is 4.73. The second-order valence-electron chi connectivity index (χ2n) is 3.35. The molecule has 0 saturated carbocycles. The van der Waals surface area contributed by atoms with E-state index in [2.05, 4.69) is 9.98 Å². The third-order valence-electron chi connectivity index (χ3n) is 1.84. The predicted octanol–water partition coefficient (Wildman–Crippen LogP) is 1.34. The summed E-state index contributed by atoms with van der Waals surface area (Å²) in [4.78, 5) is 21.1. The Balaban J connectivity index is 2.81. The van der Waals surface area contributed by atoms with Gasteiger partial charge in [-0.3, -0.25) is 0 Å². The van der Waals surface area contributed by atoms with E-state index in [4.69, 9.17) is 11.6 Å². The molecule has 1 rings (SSSR count). The van der Waals surface area contributed by atoms with Gasteiger partial charge in [0.2, 0.25) is 0 Å². The van der Waals surface area contributed by atoms with E-state index in [1.165, 1.54) is 18.4 Å². The molecule has 0 bridgehead atoms. The third-order valence-corrected chi connectivity index (χ3v) is 2.94. The van der Waals surface area contributed by atoms with Gasteiger partial charge in [0.05, 0.1) is 13.6 Å². The molecule has 0 saturated heterocycles. The number of thiazole rings is 1. The van der Waals surface area contributed by atoms with Gasteiger partial charge >= 0.3 is 0 Å². The summed E-state index contributed by atoms with van der Waals surface area (Å²) in [5, 5.41) is 11.0. The average molecular weight is 278 g/mol. The minimum atomic E-state index is -0.529. The topological polar surface area (TPSA) is 74.9 Å². The molecule has 1 aromatic rings. The van der Waals surface area contributed by atoms with Crippen LogP contribution in [0, 0.1) is 10.1 Å². The van der Waals surface area contributed by atoms with Crippen LogP contribution in [0.2, 0.25) is 4.47 Å². The zero-order chi connectivity index (χ0) is 13.0. The molecule has 1 aromatic heterocycles. The summed E-state index contributed by atoms with van der Waals surface area (Å²) in [5.74, 6) is 0.263. The van der Waals surface area contributed by atoms with Crippen LogP contribution in [0.3, 0.4) is 0 Å². The van der Waals surface area contributed by atoms with Gasteiger partial charge in [-0.15, -0.1) is 11.3 Å². The standard InChI is InChI=1S/C8H12ClN5O2S/c1-12(2)8(13(3)14(15)16)11-5-6-4-10-7(9)17-6/h4H,5H2,1-3H3. The maximum absolute atomic E-state index is 10.7. The molecule has 0 atom stereocenters. The van der Waals surface area contributed by atoms with Crippen LogP contribution in [0.15, 0.2) is 11.2 Å². The van der Waals surface area contributed by atoms with Crippen LogP contribution >= 0.6 is 22.9 Å². The van der Waals surface area contributed by atoms with Crippen LogP contribution < -0.4 is 0 Å². The number of guanidine groups is 1. The number of nitro groups is 1. The lowest BCUT2D eigenvalue weighted by molar-refractivity contribution is -0.624. The SMILES string of the molecule is CN(C)C(=NCc1cnc(Cl)s1)N(C)[N+](=O)[O-]. The molecule has 0 spiro atoms. The Kier molecular flexibility index (Phi) is 4.64. The lowest BCUT2D eigenvalue weighted by atomic mass is 10.5. The first-order chi connectivity index (χ1) is 7.91. The van der Waals surface area contributed by atoms with Crippen molar-refractivity contribution in [1.29, 1.82) is 0 Å². The van der Waals surface area contributed by atoms with Gasteiger partial charge < -0.3 is 4.90 Å². The van der Waals surface area contributed by atoms with Crippen molar-refractivity contribution in [3.63, 3.8) is 0 Å². The van der Waals surface area contributed by atoms with Gasteiger partial charge in [-0.2, -0.15) is 0 Å². The number of aliphatic imine (C=N–C) groups is 1. The maximum atomic E-state index is 10.7. The Morgan fingerprint density at radius 1 is 1.65 bits per heavy atom. The van der Waals surface area contributed by atoms with E-state index in [9.17, 15) is 10.1 Å². The molecule has 9 heteroatoms. The van der Waals surface area contributed by atoms with E-state index < -0.39 is 5.03 Å². The second-order valence-corrected chi connectivity index (χ2v) is 5.05. The summed E-state index contributed by atoms with van der Waals surface area (Å²) in [6, 6.07) is 0. The lowest BCUT2D eigenvalue weighted by Crippen LogP contribution is -2.41. The summed E-state index contributed by atoms with van der Waals surface area (Å²) >= 11 is 6.98. The number of aromatic nitrogens is 1. The van der Waals surface area contributed by atoms with Crippen LogP contribution in [0.1, 0.15) is 4.88 Å². The van der Waals surface area contributed by atoms with Gasteiger partial charge in [-0.05, 0) is 0 Å². The number of rotatable bonds is 3. The van der Waals surface area contributed by atoms with Gasteiger partial charge in [0, 0.05) is 25.2 Å². The number of hydrogen-bond donors (Lipinski definition) is 0. The molecular formula is C8H12ClN5O2S. The molecule has 7 nitrogen and oxygen atoms in total. The zero-order valence-electron chi connectivity index (χ0n) is 9.62. The highest BCUT2D eigenvalue weighted by atomic mass is 35.5. The van der Waals surface area contributed by atoms with Crippen LogP contribution in [-0.4, -0.2) is 47.0 Å². The minimum absolute atomic E-state index is 0.263.